The molecule has 0 bridgehead atoms. The predicted octanol–water partition coefficient (Wildman–Crippen LogP) is -0.0819. The maximum absolute atomic E-state index is 11.8. The van der Waals surface area contributed by atoms with Gasteiger partial charge in [0.15, 0.2) is 0 Å². The van der Waals surface area contributed by atoms with E-state index in [0.717, 1.165) is 0 Å². The molecule has 0 aliphatic heterocycles. The van der Waals surface area contributed by atoms with Crippen molar-refractivity contribution in [2.24, 2.45) is 16.8 Å². The molecule has 0 fully saturated rings. The molecule has 4 N–H and O–H groups in total. The summed E-state index contributed by atoms with van der Waals surface area (Å²) in [6.45, 7) is 9.20. The van der Waals surface area contributed by atoms with Gasteiger partial charge >= 0.3 is 0 Å². The lowest BCUT2D eigenvalue weighted by molar-refractivity contribution is -0.131. The first-order chi connectivity index (χ1) is 7.92. The van der Waals surface area contributed by atoms with Crippen LogP contribution in [0.15, 0.2) is 4.99 Å². The van der Waals surface area contributed by atoms with Gasteiger partial charge in [-0.3, -0.25) is 15.2 Å². The molecule has 0 aliphatic rings. The molecule has 6 nitrogen and oxygen atoms in total. The highest BCUT2D eigenvalue weighted by atomic mass is 16.2. The van der Waals surface area contributed by atoms with E-state index in [4.69, 9.17) is 5.84 Å². The van der Waals surface area contributed by atoms with Crippen LogP contribution in [-0.2, 0) is 4.79 Å². The number of carbonyl (C=O) groups is 1. The van der Waals surface area contributed by atoms with Gasteiger partial charge in [0, 0.05) is 20.1 Å². The molecule has 1 atom stereocenters. The molecule has 0 radical (unpaired) electrons. The van der Waals surface area contributed by atoms with Crippen molar-refractivity contribution in [1.82, 2.24) is 15.6 Å². The van der Waals surface area contributed by atoms with E-state index in [1.54, 1.807) is 18.9 Å². The van der Waals surface area contributed by atoms with Gasteiger partial charge in [-0.1, -0.05) is 13.8 Å². The van der Waals surface area contributed by atoms with E-state index in [1.807, 2.05) is 6.92 Å². The molecule has 100 valence electrons. The van der Waals surface area contributed by atoms with Crippen molar-refractivity contribution < 1.29 is 4.79 Å². The van der Waals surface area contributed by atoms with E-state index in [9.17, 15) is 4.79 Å². The summed E-state index contributed by atoms with van der Waals surface area (Å²) in [6, 6.07) is -0.345. The van der Waals surface area contributed by atoms with E-state index in [-0.39, 0.29) is 11.9 Å². The van der Waals surface area contributed by atoms with Gasteiger partial charge < -0.3 is 10.2 Å². The summed E-state index contributed by atoms with van der Waals surface area (Å²) in [5, 5.41) is 2.96. The third-order valence-electron chi connectivity index (χ3n) is 2.33. The Morgan fingerprint density at radius 1 is 1.41 bits per heavy atom. The quantitative estimate of drug-likeness (QED) is 0.273. The lowest BCUT2D eigenvalue weighted by Crippen LogP contribution is -2.51. The van der Waals surface area contributed by atoms with Gasteiger partial charge in [-0.2, -0.15) is 0 Å². The Morgan fingerprint density at radius 3 is 2.41 bits per heavy atom. The summed E-state index contributed by atoms with van der Waals surface area (Å²) in [7, 11) is 1.77. The number of aliphatic imine (C=N–C) groups is 1. The highest BCUT2D eigenvalue weighted by Gasteiger charge is 2.17. The number of guanidine groups is 1. The fraction of sp³-hybridized carbons (Fsp3) is 0.818. The Bertz CT molecular complexity index is 265. The molecule has 6 heteroatoms. The van der Waals surface area contributed by atoms with Crippen molar-refractivity contribution in [2.75, 3.05) is 20.1 Å². The van der Waals surface area contributed by atoms with Crippen molar-refractivity contribution >= 4 is 11.9 Å². The summed E-state index contributed by atoms with van der Waals surface area (Å²) >= 11 is 0. The van der Waals surface area contributed by atoms with Crippen molar-refractivity contribution in [3.05, 3.63) is 0 Å². The van der Waals surface area contributed by atoms with Gasteiger partial charge in [-0.05, 0) is 19.8 Å². The number of carbonyl (C=O) groups excluding carboxylic acids is 1. The van der Waals surface area contributed by atoms with E-state index < -0.39 is 0 Å². The van der Waals surface area contributed by atoms with E-state index in [2.05, 4.69) is 29.6 Å². The van der Waals surface area contributed by atoms with Crippen molar-refractivity contribution in [1.29, 1.82) is 0 Å². The van der Waals surface area contributed by atoms with Gasteiger partial charge in [0.25, 0.3) is 0 Å². The van der Waals surface area contributed by atoms with Crippen LogP contribution in [0.5, 0.6) is 0 Å². The number of nitrogens with zero attached hydrogens (tertiary/aromatic N) is 2. The normalized spacial score (nSPS) is 13.5. The van der Waals surface area contributed by atoms with Crippen LogP contribution in [0.1, 0.15) is 27.7 Å². The Kier molecular flexibility index (Phi) is 7.29. The molecule has 0 saturated heterocycles. The largest absolute Gasteiger partial charge is 0.344 e. The number of likely N-dealkylation sites (N-methyl/N-ethyl adjacent to an activating group) is 1. The van der Waals surface area contributed by atoms with Crippen LogP contribution in [0.25, 0.3) is 0 Å². The fourth-order valence-electron chi connectivity index (χ4n) is 1.16. The van der Waals surface area contributed by atoms with E-state index >= 15 is 0 Å². The first-order valence-corrected chi connectivity index (χ1v) is 5.94. The zero-order valence-electron chi connectivity index (χ0n) is 11.4. The average molecular weight is 243 g/mol. The SMILES string of the molecule is CCN(C)C(=O)C(C)NC(=NCC(C)C)NN. The zero-order chi connectivity index (χ0) is 13.4. The number of nitrogens with one attached hydrogen (secondary N) is 2. The molecule has 0 rings (SSSR count). The molecule has 0 aromatic heterocycles. The van der Waals surface area contributed by atoms with Crippen LogP contribution in [0.2, 0.25) is 0 Å². The Balaban J connectivity index is 4.37. The predicted molar refractivity (Wildman–Crippen MR) is 70.4 cm³/mol. The summed E-state index contributed by atoms with van der Waals surface area (Å²) < 4.78 is 0. The second kappa shape index (κ2) is 7.89. The molecule has 0 heterocycles. The lowest BCUT2D eigenvalue weighted by Gasteiger charge is -2.21. The molecule has 0 aliphatic carbocycles. The highest BCUT2D eigenvalue weighted by Crippen LogP contribution is 1.93. The van der Waals surface area contributed by atoms with Crippen molar-refractivity contribution in [3.63, 3.8) is 0 Å². The third kappa shape index (κ3) is 6.11. The maximum Gasteiger partial charge on any atom is 0.244 e. The third-order valence-corrected chi connectivity index (χ3v) is 2.33. The molecule has 0 saturated carbocycles. The van der Waals surface area contributed by atoms with Crippen LogP contribution in [0, 0.1) is 5.92 Å². The van der Waals surface area contributed by atoms with Crippen molar-refractivity contribution in [2.45, 2.75) is 33.7 Å². The zero-order valence-corrected chi connectivity index (χ0v) is 11.4. The summed E-state index contributed by atoms with van der Waals surface area (Å²) in [4.78, 5) is 17.7. The van der Waals surface area contributed by atoms with E-state index in [1.165, 1.54) is 0 Å². The topological polar surface area (TPSA) is 82.8 Å². The first kappa shape index (κ1) is 15.7. The van der Waals surface area contributed by atoms with Gasteiger partial charge in [0.1, 0.15) is 6.04 Å². The van der Waals surface area contributed by atoms with Gasteiger partial charge in [-0.15, -0.1) is 0 Å². The number of hydrogen-bond donors (Lipinski definition) is 3. The minimum Gasteiger partial charge on any atom is -0.344 e. The van der Waals surface area contributed by atoms with Crippen LogP contribution in [-0.4, -0.2) is 42.9 Å². The van der Waals surface area contributed by atoms with Crippen LogP contribution in [0.3, 0.4) is 0 Å². The molecule has 0 aromatic rings. The smallest absolute Gasteiger partial charge is 0.244 e. The second-order valence-corrected chi connectivity index (χ2v) is 4.45. The highest BCUT2D eigenvalue weighted by molar-refractivity contribution is 5.88. The van der Waals surface area contributed by atoms with Gasteiger partial charge in [0.05, 0.1) is 0 Å². The summed E-state index contributed by atoms with van der Waals surface area (Å²) in [5.74, 6) is 6.26. The van der Waals surface area contributed by atoms with Crippen LogP contribution < -0.4 is 16.6 Å². The monoisotopic (exact) mass is 243 g/mol. The molecular weight excluding hydrogens is 218 g/mol. The van der Waals surface area contributed by atoms with Crippen LogP contribution in [0.4, 0.5) is 0 Å². The van der Waals surface area contributed by atoms with Crippen molar-refractivity contribution in [3.8, 4) is 0 Å². The number of hydrogen-bond acceptors (Lipinski definition) is 3. The summed E-state index contributed by atoms with van der Waals surface area (Å²) in [5.41, 5.74) is 2.47. The van der Waals surface area contributed by atoms with Gasteiger partial charge in [0.2, 0.25) is 11.9 Å². The molecule has 0 aromatic carbocycles. The fourth-order valence-corrected chi connectivity index (χ4v) is 1.16. The minimum absolute atomic E-state index is 0.0139. The maximum atomic E-state index is 11.8. The number of rotatable bonds is 5. The second-order valence-electron chi connectivity index (χ2n) is 4.45. The Hall–Kier alpha value is -1.30. The standard InChI is InChI=1S/C11H25N5O/c1-6-16(5)10(17)9(4)14-11(15-12)13-7-8(2)3/h8-9H,6-7,12H2,1-5H3,(H2,13,14,15). The Labute approximate surface area is 104 Å². The average Bonchev–Trinajstić information content (AvgIpc) is 2.31. The number of amides is 1. The molecular formula is C11H25N5O. The van der Waals surface area contributed by atoms with Gasteiger partial charge in [-0.25, -0.2) is 5.84 Å². The summed E-state index contributed by atoms with van der Waals surface area (Å²) in [6.07, 6.45) is 0. The minimum atomic E-state index is -0.345. The lowest BCUT2D eigenvalue weighted by atomic mass is 10.2. The van der Waals surface area contributed by atoms with Crippen LogP contribution >= 0.6 is 0 Å². The molecule has 1 unspecified atom stereocenters. The molecule has 0 spiro atoms. The van der Waals surface area contributed by atoms with E-state index in [0.29, 0.717) is 25.0 Å². The Morgan fingerprint density at radius 2 is 2.00 bits per heavy atom. The molecule has 17 heavy (non-hydrogen) atoms. The number of hydrazine groups is 1. The first-order valence-electron chi connectivity index (χ1n) is 5.94. The number of nitrogens with two attached hydrogens (primary N) is 1. The molecule has 1 amide bonds.